The van der Waals surface area contributed by atoms with Crippen LogP contribution < -0.4 is 5.32 Å². The van der Waals surface area contributed by atoms with Crippen molar-refractivity contribution in [2.75, 3.05) is 5.32 Å². The third-order valence-corrected chi connectivity index (χ3v) is 4.03. The molecule has 0 spiro atoms. The summed E-state index contributed by atoms with van der Waals surface area (Å²) < 4.78 is 2.14. The predicted molar refractivity (Wildman–Crippen MR) is 79.1 cm³/mol. The molecule has 1 N–H and O–H groups in total. The maximum absolute atomic E-state index is 5.87. The molecule has 0 amide bonds. The Bertz CT molecular complexity index is 731. The van der Waals surface area contributed by atoms with Crippen LogP contribution in [0.3, 0.4) is 0 Å². The molecule has 3 aromatic heterocycles. The zero-order valence-corrected chi connectivity index (χ0v) is 12.2. The molecule has 6 heteroatoms. The van der Waals surface area contributed by atoms with Gasteiger partial charge in [0.1, 0.15) is 5.15 Å². The van der Waals surface area contributed by atoms with Gasteiger partial charge in [0.05, 0.1) is 17.9 Å². The van der Waals surface area contributed by atoms with Crippen molar-refractivity contribution in [3.05, 3.63) is 45.9 Å². The molecule has 98 valence electrons. The molecule has 0 aliphatic carbocycles. The Hall–Kier alpha value is -1.59. The molecule has 0 atom stereocenters. The van der Waals surface area contributed by atoms with Crippen molar-refractivity contribution in [2.24, 2.45) is 0 Å². The van der Waals surface area contributed by atoms with Crippen molar-refractivity contribution < 1.29 is 0 Å². The molecule has 0 saturated heterocycles. The Kier molecular flexibility index (Phi) is 3.16. The molecular formula is C13H13ClN4S. The molecule has 0 bridgehead atoms. The van der Waals surface area contributed by atoms with Gasteiger partial charge in [-0.15, -0.1) is 11.3 Å². The lowest BCUT2D eigenvalue weighted by molar-refractivity contribution is 0.990. The fourth-order valence-corrected chi connectivity index (χ4v) is 3.08. The molecule has 0 aliphatic heterocycles. The van der Waals surface area contributed by atoms with Crippen LogP contribution >= 0.6 is 22.9 Å². The number of thiazole rings is 1. The normalized spacial score (nSPS) is 11.1. The Morgan fingerprint density at radius 3 is 3.05 bits per heavy atom. The highest BCUT2D eigenvalue weighted by Crippen LogP contribution is 2.21. The van der Waals surface area contributed by atoms with E-state index < -0.39 is 0 Å². The largest absolute Gasteiger partial charge is 0.379 e. The first-order valence-electron chi connectivity index (χ1n) is 5.93. The minimum absolute atomic E-state index is 0.492. The van der Waals surface area contributed by atoms with Crippen LogP contribution in [0.4, 0.5) is 5.69 Å². The lowest BCUT2D eigenvalue weighted by atomic mass is 10.3. The number of halogens is 1. The van der Waals surface area contributed by atoms with Crippen LogP contribution in [0, 0.1) is 13.8 Å². The number of pyridine rings is 1. The van der Waals surface area contributed by atoms with Crippen LogP contribution in [0.15, 0.2) is 24.5 Å². The second-order valence-corrected chi connectivity index (χ2v) is 5.96. The number of anilines is 1. The van der Waals surface area contributed by atoms with Gasteiger partial charge in [0.25, 0.3) is 0 Å². The van der Waals surface area contributed by atoms with E-state index in [1.807, 2.05) is 19.1 Å². The number of nitrogens with one attached hydrogen (secondary N) is 1. The van der Waals surface area contributed by atoms with Crippen molar-refractivity contribution in [1.29, 1.82) is 0 Å². The van der Waals surface area contributed by atoms with Crippen LogP contribution in [-0.4, -0.2) is 14.4 Å². The Labute approximate surface area is 120 Å². The van der Waals surface area contributed by atoms with Crippen molar-refractivity contribution in [1.82, 2.24) is 14.4 Å². The molecule has 0 unspecified atom stereocenters. The van der Waals surface area contributed by atoms with E-state index in [0.717, 1.165) is 16.3 Å². The van der Waals surface area contributed by atoms with Gasteiger partial charge < -0.3 is 5.32 Å². The number of aromatic nitrogens is 3. The van der Waals surface area contributed by atoms with Crippen LogP contribution in [0.5, 0.6) is 0 Å². The lowest BCUT2D eigenvalue weighted by Gasteiger charge is -2.06. The molecule has 3 rings (SSSR count). The molecule has 0 fully saturated rings. The van der Waals surface area contributed by atoms with Crippen LogP contribution in [0.25, 0.3) is 4.96 Å². The second kappa shape index (κ2) is 4.83. The summed E-state index contributed by atoms with van der Waals surface area (Å²) in [4.78, 5) is 10.8. The van der Waals surface area contributed by atoms with Crippen LogP contribution in [0.1, 0.15) is 16.3 Å². The van der Waals surface area contributed by atoms with Gasteiger partial charge in [-0.2, -0.15) is 0 Å². The molecule has 0 aromatic carbocycles. The summed E-state index contributed by atoms with van der Waals surface area (Å²) in [6.07, 6.45) is 3.81. The summed E-state index contributed by atoms with van der Waals surface area (Å²) in [7, 11) is 0. The number of rotatable bonds is 3. The van der Waals surface area contributed by atoms with Crippen molar-refractivity contribution >= 4 is 33.6 Å². The van der Waals surface area contributed by atoms with Gasteiger partial charge in [-0.1, -0.05) is 11.6 Å². The number of imidazole rings is 1. The van der Waals surface area contributed by atoms with Gasteiger partial charge >= 0.3 is 0 Å². The van der Waals surface area contributed by atoms with Crippen LogP contribution in [0.2, 0.25) is 5.15 Å². The summed E-state index contributed by atoms with van der Waals surface area (Å²) in [6.45, 7) is 4.84. The average Bonchev–Trinajstić information content (AvgIpc) is 2.82. The lowest BCUT2D eigenvalue weighted by Crippen LogP contribution is -2.03. The van der Waals surface area contributed by atoms with E-state index in [4.69, 9.17) is 11.6 Å². The molecule has 3 heterocycles. The third kappa shape index (κ3) is 2.43. The van der Waals surface area contributed by atoms with E-state index in [-0.39, 0.29) is 0 Å². The third-order valence-electron chi connectivity index (χ3n) is 2.93. The first kappa shape index (κ1) is 12.4. The first-order valence-corrected chi connectivity index (χ1v) is 7.12. The summed E-state index contributed by atoms with van der Waals surface area (Å²) in [5.41, 5.74) is 3.19. The number of hydrogen-bond donors (Lipinski definition) is 1. The number of aryl methyl sites for hydroxylation is 2. The maximum atomic E-state index is 5.87. The topological polar surface area (TPSA) is 42.2 Å². The average molecular weight is 293 g/mol. The smallest absolute Gasteiger partial charge is 0.194 e. The fourth-order valence-electron chi connectivity index (χ4n) is 2.02. The molecule has 19 heavy (non-hydrogen) atoms. The van der Waals surface area contributed by atoms with E-state index in [0.29, 0.717) is 11.7 Å². The van der Waals surface area contributed by atoms with Crippen molar-refractivity contribution in [3.63, 3.8) is 0 Å². The highest BCUT2D eigenvalue weighted by molar-refractivity contribution is 7.17. The first-order chi connectivity index (χ1) is 9.13. The SMILES string of the molecule is Cc1cn2c(CNc3ccnc(Cl)c3)c(C)nc2s1. The molecule has 0 aliphatic rings. The van der Waals surface area contributed by atoms with E-state index in [1.165, 1.54) is 10.6 Å². The number of nitrogens with zero attached hydrogens (tertiary/aromatic N) is 3. The van der Waals surface area contributed by atoms with Gasteiger partial charge in [-0.25, -0.2) is 9.97 Å². The fraction of sp³-hybridized carbons (Fsp3) is 0.231. The predicted octanol–water partition coefficient (Wildman–Crippen LogP) is 3.67. The summed E-state index contributed by atoms with van der Waals surface area (Å²) in [5.74, 6) is 0. The van der Waals surface area contributed by atoms with Crippen LogP contribution in [-0.2, 0) is 6.54 Å². The Morgan fingerprint density at radius 2 is 2.26 bits per heavy atom. The standard InChI is InChI=1S/C13H13ClN4S/c1-8-7-18-11(9(2)17-13(18)19-8)6-16-10-3-4-15-12(14)5-10/h3-5,7H,6H2,1-2H3,(H,15,16). The molecular weight excluding hydrogens is 280 g/mol. The van der Waals surface area contributed by atoms with E-state index in [1.54, 1.807) is 17.5 Å². The molecule has 0 radical (unpaired) electrons. The Balaban J connectivity index is 1.87. The summed E-state index contributed by atoms with van der Waals surface area (Å²) in [5, 5.41) is 3.84. The van der Waals surface area contributed by atoms with Gasteiger partial charge in [0.15, 0.2) is 4.96 Å². The zero-order chi connectivity index (χ0) is 13.4. The summed E-state index contributed by atoms with van der Waals surface area (Å²) >= 11 is 7.57. The minimum Gasteiger partial charge on any atom is -0.379 e. The zero-order valence-electron chi connectivity index (χ0n) is 10.6. The molecule has 0 saturated carbocycles. The van der Waals surface area contributed by atoms with Crippen molar-refractivity contribution in [2.45, 2.75) is 20.4 Å². The quantitative estimate of drug-likeness (QED) is 0.749. The second-order valence-electron chi connectivity index (χ2n) is 4.36. The van der Waals surface area contributed by atoms with Crippen molar-refractivity contribution in [3.8, 4) is 0 Å². The maximum Gasteiger partial charge on any atom is 0.194 e. The monoisotopic (exact) mass is 292 g/mol. The molecule has 3 aromatic rings. The number of fused-ring (bicyclic) bond motifs is 1. The Morgan fingerprint density at radius 1 is 1.42 bits per heavy atom. The molecule has 4 nitrogen and oxygen atoms in total. The highest BCUT2D eigenvalue weighted by Gasteiger charge is 2.10. The van der Waals surface area contributed by atoms with E-state index in [9.17, 15) is 0 Å². The van der Waals surface area contributed by atoms with Gasteiger partial charge in [-0.05, 0) is 26.0 Å². The minimum atomic E-state index is 0.492. The highest BCUT2D eigenvalue weighted by atomic mass is 35.5. The van der Waals surface area contributed by atoms with Gasteiger partial charge in [0, 0.05) is 23.0 Å². The van der Waals surface area contributed by atoms with Gasteiger partial charge in [0.2, 0.25) is 0 Å². The number of hydrogen-bond acceptors (Lipinski definition) is 4. The summed E-state index contributed by atoms with van der Waals surface area (Å²) in [6, 6.07) is 3.71. The van der Waals surface area contributed by atoms with Gasteiger partial charge in [-0.3, -0.25) is 4.40 Å². The van der Waals surface area contributed by atoms with E-state index >= 15 is 0 Å². The van der Waals surface area contributed by atoms with E-state index in [2.05, 4.69) is 32.8 Å².